The highest BCUT2D eigenvalue weighted by Gasteiger charge is 1.87. The minimum absolute atomic E-state index is 0.0294. The van der Waals surface area contributed by atoms with Crippen LogP contribution < -0.4 is 0 Å². The second kappa shape index (κ2) is 6.19. The number of hydrogen-bond donors (Lipinski definition) is 1. The van der Waals surface area contributed by atoms with Gasteiger partial charge in [0.1, 0.15) is 0 Å². The number of aliphatic imine (C=N–C) groups is 1. The Hall–Kier alpha value is -0.540. The molecule has 0 heterocycles. The van der Waals surface area contributed by atoms with E-state index in [0.717, 1.165) is 10.6 Å². The predicted molar refractivity (Wildman–Crippen MR) is 52.0 cm³/mol. The van der Waals surface area contributed by atoms with E-state index < -0.39 is 0 Å². The van der Waals surface area contributed by atoms with Crippen molar-refractivity contribution >= 4 is 18.0 Å². The Balaban J connectivity index is 4.00. The molecular formula is C8H13NOS. The number of aliphatic hydroxyl groups excluding tert-OH is 1. The number of thioether (sulfide) groups is 1. The molecule has 0 rings (SSSR count). The molecule has 11 heavy (non-hydrogen) atoms. The van der Waals surface area contributed by atoms with E-state index in [1.54, 1.807) is 6.21 Å². The highest BCUT2D eigenvalue weighted by molar-refractivity contribution is 8.02. The maximum atomic E-state index is 8.72. The number of hydrogen-bond acceptors (Lipinski definition) is 3. The molecule has 0 aliphatic carbocycles. The average Bonchev–Trinajstić information content (AvgIpc) is 2.06. The Bertz CT molecular complexity index is 185. The molecule has 0 aliphatic rings. The molecule has 0 aliphatic heterocycles. The molecule has 0 aromatic carbocycles. The van der Waals surface area contributed by atoms with Gasteiger partial charge < -0.3 is 5.11 Å². The maximum Gasteiger partial charge on any atom is 0.0885 e. The van der Waals surface area contributed by atoms with E-state index in [1.165, 1.54) is 11.8 Å². The van der Waals surface area contributed by atoms with Gasteiger partial charge in [-0.25, -0.2) is 0 Å². The summed E-state index contributed by atoms with van der Waals surface area (Å²) in [5.74, 6) is 0. The Morgan fingerprint density at radius 2 is 2.36 bits per heavy atom. The minimum atomic E-state index is 0.0294. The molecule has 0 spiro atoms. The second-order valence-electron chi connectivity index (χ2n) is 1.88. The molecule has 62 valence electrons. The molecule has 0 atom stereocenters. The normalized spacial score (nSPS) is 12.5. The van der Waals surface area contributed by atoms with Crippen LogP contribution in [0.3, 0.4) is 0 Å². The van der Waals surface area contributed by atoms with Gasteiger partial charge in [0, 0.05) is 6.21 Å². The predicted octanol–water partition coefficient (Wildman–Crippen LogP) is 1.83. The number of aliphatic hydroxyl groups is 1. The van der Waals surface area contributed by atoms with Gasteiger partial charge in [0.2, 0.25) is 0 Å². The fraction of sp³-hybridized carbons (Fsp3) is 0.375. The molecule has 1 N–H and O–H groups in total. The van der Waals surface area contributed by atoms with Crippen molar-refractivity contribution in [2.75, 3.05) is 12.9 Å². The Morgan fingerprint density at radius 1 is 1.73 bits per heavy atom. The van der Waals surface area contributed by atoms with Gasteiger partial charge in [-0.05, 0) is 18.8 Å². The highest BCUT2D eigenvalue weighted by Crippen LogP contribution is 2.08. The standard InChI is InChI=1S/C8H13NOS/c1-4-8(6-10)5-9-7(2)11-3/h4-5,10H,2,6H2,1,3H3/b8-4+,9-5-. The van der Waals surface area contributed by atoms with Crippen molar-refractivity contribution in [3.8, 4) is 0 Å². The van der Waals surface area contributed by atoms with Crippen molar-refractivity contribution in [3.63, 3.8) is 0 Å². The summed E-state index contributed by atoms with van der Waals surface area (Å²) in [7, 11) is 0. The van der Waals surface area contributed by atoms with Crippen molar-refractivity contribution in [2.24, 2.45) is 4.99 Å². The smallest absolute Gasteiger partial charge is 0.0885 e. The molecule has 0 saturated carbocycles. The monoisotopic (exact) mass is 171 g/mol. The highest BCUT2D eigenvalue weighted by atomic mass is 32.2. The topological polar surface area (TPSA) is 32.6 Å². The number of nitrogens with zero attached hydrogens (tertiary/aromatic N) is 1. The van der Waals surface area contributed by atoms with Gasteiger partial charge in [-0.2, -0.15) is 0 Å². The van der Waals surface area contributed by atoms with E-state index in [4.69, 9.17) is 5.11 Å². The zero-order valence-electron chi connectivity index (χ0n) is 6.87. The maximum absolute atomic E-state index is 8.72. The molecule has 0 aromatic heterocycles. The first-order valence-corrected chi connectivity index (χ1v) is 4.50. The van der Waals surface area contributed by atoms with Crippen LogP contribution >= 0.6 is 11.8 Å². The summed E-state index contributed by atoms with van der Waals surface area (Å²) < 4.78 is 0. The van der Waals surface area contributed by atoms with Gasteiger partial charge in [-0.1, -0.05) is 12.7 Å². The first kappa shape index (κ1) is 10.5. The van der Waals surface area contributed by atoms with Crippen LogP contribution in [0.15, 0.2) is 28.2 Å². The third-order valence-electron chi connectivity index (χ3n) is 1.16. The Morgan fingerprint density at radius 3 is 2.73 bits per heavy atom. The summed E-state index contributed by atoms with van der Waals surface area (Å²) in [6.45, 7) is 5.56. The summed E-state index contributed by atoms with van der Waals surface area (Å²) in [5.41, 5.74) is 0.806. The lowest BCUT2D eigenvalue weighted by Crippen LogP contribution is -1.90. The molecular weight excluding hydrogens is 158 g/mol. The van der Waals surface area contributed by atoms with E-state index in [9.17, 15) is 0 Å². The molecule has 0 bridgehead atoms. The number of allylic oxidation sites excluding steroid dienone is 1. The Labute approximate surface area is 71.7 Å². The van der Waals surface area contributed by atoms with Gasteiger partial charge in [0.05, 0.1) is 11.6 Å². The van der Waals surface area contributed by atoms with E-state index in [0.29, 0.717) is 0 Å². The quantitative estimate of drug-likeness (QED) is 0.654. The molecule has 3 heteroatoms. The van der Waals surface area contributed by atoms with Crippen molar-refractivity contribution in [2.45, 2.75) is 6.92 Å². The van der Waals surface area contributed by atoms with Crippen LogP contribution in [-0.2, 0) is 0 Å². The molecule has 0 fully saturated rings. The van der Waals surface area contributed by atoms with Gasteiger partial charge >= 0.3 is 0 Å². The largest absolute Gasteiger partial charge is 0.392 e. The van der Waals surface area contributed by atoms with Crippen LogP contribution in [0, 0.1) is 0 Å². The summed E-state index contributed by atoms with van der Waals surface area (Å²) in [6, 6.07) is 0. The second-order valence-corrected chi connectivity index (χ2v) is 2.76. The minimum Gasteiger partial charge on any atom is -0.392 e. The van der Waals surface area contributed by atoms with E-state index in [1.807, 2.05) is 19.3 Å². The molecule has 0 aromatic rings. The van der Waals surface area contributed by atoms with Crippen LogP contribution in [0.2, 0.25) is 0 Å². The van der Waals surface area contributed by atoms with E-state index >= 15 is 0 Å². The van der Waals surface area contributed by atoms with Gasteiger partial charge in [-0.3, -0.25) is 4.99 Å². The third-order valence-corrected chi connectivity index (χ3v) is 1.74. The average molecular weight is 171 g/mol. The van der Waals surface area contributed by atoms with Gasteiger partial charge in [0.25, 0.3) is 0 Å². The number of rotatable bonds is 4. The van der Waals surface area contributed by atoms with Crippen molar-refractivity contribution in [1.82, 2.24) is 0 Å². The van der Waals surface area contributed by atoms with E-state index in [-0.39, 0.29) is 6.61 Å². The molecule has 0 amide bonds. The lowest BCUT2D eigenvalue weighted by atomic mass is 10.3. The van der Waals surface area contributed by atoms with Crippen molar-refractivity contribution in [1.29, 1.82) is 0 Å². The third kappa shape index (κ3) is 4.81. The molecule has 2 nitrogen and oxygen atoms in total. The fourth-order valence-corrected chi connectivity index (χ4v) is 0.572. The zero-order chi connectivity index (χ0) is 8.69. The Kier molecular flexibility index (Phi) is 5.88. The lowest BCUT2D eigenvalue weighted by molar-refractivity contribution is 0.337. The van der Waals surface area contributed by atoms with Crippen LogP contribution in [0.25, 0.3) is 0 Å². The van der Waals surface area contributed by atoms with Gasteiger partial charge in [0.15, 0.2) is 0 Å². The van der Waals surface area contributed by atoms with Crippen LogP contribution in [-0.4, -0.2) is 24.2 Å². The first-order chi connectivity index (χ1) is 5.24. The molecule has 0 saturated heterocycles. The van der Waals surface area contributed by atoms with Gasteiger partial charge in [-0.15, -0.1) is 11.8 Å². The zero-order valence-corrected chi connectivity index (χ0v) is 7.69. The molecule has 0 radical (unpaired) electrons. The van der Waals surface area contributed by atoms with Crippen molar-refractivity contribution in [3.05, 3.63) is 23.3 Å². The summed E-state index contributed by atoms with van der Waals surface area (Å²) in [4.78, 5) is 4.00. The summed E-state index contributed by atoms with van der Waals surface area (Å²) in [6.07, 6.45) is 5.35. The first-order valence-electron chi connectivity index (χ1n) is 3.27. The van der Waals surface area contributed by atoms with E-state index in [2.05, 4.69) is 11.6 Å². The summed E-state index contributed by atoms with van der Waals surface area (Å²) in [5, 5.41) is 9.46. The lowest BCUT2D eigenvalue weighted by Gasteiger charge is -1.93. The van der Waals surface area contributed by atoms with Crippen LogP contribution in [0.1, 0.15) is 6.92 Å². The fourth-order valence-electron chi connectivity index (χ4n) is 0.414. The SMILES string of the molecule is C=C(/N=C\C(=C/C)CO)SC. The van der Waals surface area contributed by atoms with Crippen molar-refractivity contribution < 1.29 is 5.11 Å². The molecule has 0 unspecified atom stereocenters. The van der Waals surface area contributed by atoms with Crippen LogP contribution in [0.4, 0.5) is 0 Å². The van der Waals surface area contributed by atoms with Crippen LogP contribution in [0.5, 0.6) is 0 Å². The summed E-state index contributed by atoms with van der Waals surface area (Å²) >= 11 is 1.49.